The first-order chi connectivity index (χ1) is 8.60. The van der Waals surface area contributed by atoms with Crippen molar-refractivity contribution >= 4 is 0 Å². The second-order valence-corrected chi connectivity index (χ2v) is 4.50. The van der Waals surface area contributed by atoms with Gasteiger partial charge >= 0.3 is 0 Å². The van der Waals surface area contributed by atoms with Gasteiger partial charge in [-0.3, -0.25) is 0 Å². The van der Waals surface area contributed by atoms with E-state index in [-0.39, 0.29) is 0 Å². The van der Waals surface area contributed by atoms with Crippen LogP contribution in [0.1, 0.15) is 16.7 Å². The SMILES string of the molecule is COc1cc(C)c(Oc2ccc(C)cc2)cc1C. The van der Waals surface area contributed by atoms with E-state index in [2.05, 4.69) is 6.92 Å². The van der Waals surface area contributed by atoms with Crippen LogP contribution in [-0.4, -0.2) is 7.11 Å². The zero-order valence-corrected chi connectivity index (χ0v) is 11.3. The Labute approximate surface area is 108 Å². The van der Waals surface area contributed by atoms with Gasteiger partial charge in [0.2, 0.25) is 0 Å². The van der Waals surface area contributed by atoms with Crippen LogP contribution in [0.4, 0.5) is 0 Å². The molecule has 2 heteroatoms. The number of aryl methyl sites for hydroxylation is 3. The molecule has 94 valence electrons. The van der Waals surface area contributed by atoms with E-state index in [4.69, 9.17) is 9.47 Å². The quantitative estimate of drug-likeness (QED) is 0.793. The molecule has 2 aromatic carbocycles. The Kier molecular flexibility index (Phi) is 3.56. The molecule has 0 aliphatic rings. The van der Waals surface area contributed by atoms with E-state index in [1.807, 2.05) is 50.2 Å². The monoisotopic (exact) mass is 242 g/mol. The standard InChI is InChI=1S/C16H18O2/c1-11-5-7-14(8-6-11)18-16-10-12(2)15(17-4)9-13(16)3/h5-10H,1-4H3. The van der Waals surface area contributed by atoms with Gasteiger partial charge in [-0.1, -0.05) is 17.7 Å². The average molecular weight is 242 g/mol. The molecule has 2 nitrogen and oxygen atoms in total. The maximum absolute atomic E-state index is 5.89. The Bertz CT molecular complexity index is 542. The highest BCUT2D eigenvalue weighted by atomic mass is 16.5. The first-order valence-corrected chi connectivity index (χ1v) is 6.00. The highest BCUT2D eigenvalue weighted by Crippen LogP contribution is 2.31. The number of hydrogen-bond donors (Lipinski definition) is 0. The molecule has 0 fully saturated rings. The lowest BCUT2D eigenvalue weighted by atomic mass is 10.1. The second kappa shape index (κ2) is 5.13. The minimum Gasteiger partial charge on any atom is -0.496 e. The normalized spacial score (nSPS) is 10.2. The molecule has 18 heavy (non-hydrogen) atoms. The molecule has 0 amide bonds. The summed E-state index contributed by atoms with van der Waals surface area (Å²) in [5, 5.41) is 0. The van der Waals surface area contributed by atoms with Crippen molar-refractivity contribution < 1.29 is 9.47 Å². The van der Waals surface area contributed by atoms with Crippen LogP contribution in [0.3, 0.4) is 0 Å². The third-order valence-electron chi connectivity index (χ3n) is 2.94. The molecule has 0 saturated heterocycles. The lowest BCUT2D eigenvalue weighted by Gasteiger charge is -2.12. The third-order valence-corrected chi connectivity index (χ3v) is 2.94. The molecule has 0 aliphatic heterocycles. The minimum atomic E-state index is 0.855. The third kappa shape index (κ3) is 2.65. The number of rotatable bonds is 3. The lowest BCUT2D eigenvalue weighted by Crippen LogP contribution is -1.92. The number of benzene rings is 2. The van der Waals surface area contributed by atoms with Crippen LogP contribution in [0, 0.1) is 20.8 Å². The predicted octanol–water partition coefficient (Wildman–Crippen LogP) is 4.41. The zero-order chi connectivity index (χ0) is 13.1. The van der Waals surface area contributed by atoms with Gasteiger partial charge < -0.3 is 9.47 Å². The predicted molar refractivity (Wildman–Crippen MR) is 73.7 cm³/mol. The van der Waals surface area contributed by atoms with E-state index in [1.165, 1.54) is 5.56 Å². The van der Waals surface area contributed by atoms with Gasteiger partial charge in [-0.15, -0.1) is 0 Å². The van der Waals surface area contributed by atoms with Crippen LogP contribution in [0.15, 0.2) is 36.4 Å². The molecule has 0 radical (unpaired) electrons. The van der Waals surface area contributed by atoms with Crippen LogP contribution < -0.4 is 9.47 Å². The van der Waals surface area contributed by atoms with Gasteiger partial charge in [0, 0.05) is 0 Å². The van der Waals surface area contributed by atoms with Crippen LogP contribution in [0.5, 0.6) is 17.2 Å². The second-order valence-electron chi connectivity index (χ2n) is 4.50. The first-order valence-electron chi connectivity index (χ1n) is 6.00. The number of methoxy groups -OCH3 is 1. The molecule has 0 heterocycles. The first kappa shape index (κ1) is 12.5. The molecule has 0 aromatic heterocycles. The lowest BCUT2D eigenvalue weighted by molar-refractivity contribution is 0.409. The average Bonchev–Trinajstić information content (AvgIpc) is 2.36. The van der Waals surface area contributed by atoms with Crippen LogP contribution >= 0.6 is 0 Å². The molecule has 0 N–H and O–H groups in total. The molecule has 0 atom stereocenters. The summed E-state index contributed by atoms with van der Waals surface area (Å²) in [7, 11) is 1.68. The fourth-order valence-corrected chi connectivity index (χ4v) is 1.83. The van der Waals surface area contributed by atoms with Gasteiger partial charge in [-0.2, -0.15) is 0 Å². The Morgan fingerprint density at radius 1 is 0.778 bits per heavy atom. The summed E-state index contributed by atoms with van der Waals surface area (Å²) in [5.74, 6) is 2.62. The fourth-order valence-electron chi connectivity index (χ4n) is 1.83. The maximum atomic E-state index is 5.89. The Morgan fingerprint density at radius 3 is 1.94 bits per heavy atom. The van der Waals surface area contributed by atoms with Gasteiger partial charge in [-0.05, 0) is 56.2 Å². The van der Waals surface area contributed by atoms with Crippen molar-refractivity contribution in [1.82, 2.24) is 0 Å². The molecular weight excluding hydrogens is 224 g/mol. The van der Waals surface area contributed by atoms with E-state index in [0.717, 1.165) is 28.4 Å². The van der Waals surface area contributed by atoms with E-state index in [9.17, 15) is 0 Å². The molecular formula is C16H18O2. The molecule has 0 unspecified atom stereocenters. The van der Waals surface area contributed by atoms with Crippen molar-refractivity contribution in [2.45, 2.75) is 20.8 Å². The minimum absolute atomic E-state index is 0.855. The molecule has 0 saturated carbocycles. The molecule has 0 bridgehead atoms. The van der Waals surface area contributed by atoms with Crippen molar-refractivity contribution in [3.63, 3.8) is 0 Å². The van der Waals surface area contributed by atoms with Crippen LogP contribution in [0.25, 0.3) is 0 Å². The van der Waals surface area contributed by atoms with Gasteiger partial charge in [0.25, 0.3) is 0 Å². The van der Waals surface area contributed by atoms with Crippen LogP contribution in [0.2, 0.25) is 0 Å². The van der Waals surface area contributed by atoms with Gasteiger partial charge in [0.15, 0.2) is 0 Å². The highest BCUT2D eigenvalue weighted by molar-refractivity contribution is 5.47. The van der Waals surface area contributed by atoms with Gasteiger partial charge in [0.05, 0.1) is 7.11 Å². The summed E-state index contributed by atoms with van der Waals surface area (Å²) in [4.78, 5) is 0. The zero-order valence-electron chi connectivity index (χ0n) is 11.3. The van der Waals surface area contributed by atoms with Crippen molar-refractivity contribution in [3.8, 4) is 17.2 Å². The fraction of sp³-hybridized carbons (Fsp3) is 0.250. The van der Waals surface area contributed by atoms with Crippen LogP contribution in [-0.2, 0) is 0 Å². The van der Waals surface area contributed by atoms with Crippen molar-refractivity contribution in [2.24, 2.45) is 0 Å². The Hall–Kier alpha value is -1.96. The molecule has 0 aliphatic carbocycles. The maximum Gasteiger partial charge on any atom is 0.130 e. The Morgan fingerprint density at radius 2 is 1.33 bits per heavy atom. The highest BCUT2D eigenvalue weighted by Gasteiger charge is 2.06. The van der Waals surface area contributed by atoms with Crippen molar-refractivity contribution in [2.75, 3.05) is 7.11 Å². The summed E-state index contributed by atoms with van der Waals surface area (Å²) >= 11 is 0. The van der Waals surface area contributed by atoms with Crippen molar-refractivity contribution in [3.05, 3.63) is 53.1 Å². The van der Waals surface area contributed by atoms with E-state index in [1.54, 1.807) is 7.11 Å². The Balaban J connectivity index is 2.29. The van der Waals surface area contributed by atoms with E-state index < -0.39 is 0 Å². The summed E-state index contributed by atoms with van der Waals surface area (Å²) < 4.78 is 11.2. The molecule has 2 aromatic rings. The smallest absolute Gasteiger partial charge is 0.130 e. The topological polar surface area (TPSA) is 18.5 Å². The molecule has 2 rings (SSSR count). The summed E-state index contributed by atoms with van der Waals surface area (Å²) in [6.45, 7) is 6.10. The summed E-state index contributed by atoms with van der Waals surface area (Å²) in [6.07, 6.45) is 0. The number of ether oxygens (including phenoxy) is 2. The summed E-state index contributed by atoms with van der Waals surface area (Å²) in [6, 6.07) is 12.1. The van der Waals surface area contributed by atoms with Gasteiger partial charge in [-0.25, -0.2) is 0 Å². The largest absolute Gasteiger partial charge is 0.496 e. The molecule has 0 spiro atoms. The van der Waals surface area contributed by atoms with E-state index in [0.29, 0.717) is 0 Å². The van der Waals surface area contributed by atoms with Crippen molar-refractivity contribution in [1.29, 1.82) is 0 Å². The summed E-state index contributed by atoms with van der Waals surface area (Å²) in [5.41, 5.74) is 3.37. The number of hydrogen-bond acceptors (Lipinski definition) is 2. The van der Waals surface area contributed by atoms with E-state index >= 15 is 0 Å². The van der Waals surface area contributed by atoms with Gasteiger partial charge in [0.1, 0.15) is 17.2 Å².